The highest BCUT2D eigenvalue weighted by Gasteiger charge is 2.23. The topological polar surface area (TPSA) is 72.5 Å². The molecule has 1 aromatic carbocycles. The molecule has 106 valence electrons. The molecule has 0 bridgehead atoms. The second-order valence-electron chi connectivity index (χ2n) is 4.89. The van der Waals surface area contributed by atoms with Gasteiger partial charge in [-0.05, 0) is 36.5 Å². The molecule has 5 heteroatoms. The number of ether oxygens (including phenoxy) is 1. The maximum Gasteiger partial charge on any atom is 0.308 e. The fraction of sp³-hybridized carbons (Fsp3) is 0.500. The van der Waals surface area contributed by atoms with Gasteiger partial charge in [-0.3, -0.25) is 4.79 Å². The van der Waals surface area contributed by atoms with Crippen molar-refractivity contribution in [2.45, 2.75) is 38.6 Å². The Morgan fingerprint density at radius 1 is 1.42 bits per heavy atom. The van der Waals surface area contributed by atoms with Crippen molar-refractivity contribution in [2.75, 3.05) is 0 Å². The molecule has 1 saturated carbocycles. The number of esters is 1. The highest BCUT2D eigenvalue weighted by molar-refractivity contribution is 5.85. The average Bonchev–Trinajstić information content (AvgIpc) is 2.84. The van der Waals surface area contributed by atoms with E-state index < -0.39 is 5.97 Å². The molecule has 0 aliphatic heterocycles. The lowest BCUT2D eigenvalue weighted by atomic mass is 9.92. The van der Waals surface area contributed by atoms with Crippen LogP contribution in [0.4, 0.5) is 0 Å². The number of hydrogen-bond acceptors (Lipinski definition) is 4. The van der Waals surface area contributed by atoms with Gasteiger partial charge in [-0.2, -0.15) is 0 Å². The molecule has 0 spiro atoms. The molecule has 1 atom stereocenters. The fourth-order valence-electron chi connectivity index (χ4n) is 2.57. The van der Waals surface area contributed by atoms with Crippen LogP contribution in [0.1, 0.15) is 44.2 Å². The number of phenols is 1. The Balaban J connectivity index is 0.00000180. The van der Waals surface area contributed by atoms with E-state index in [1.54, 1.807) is 12.1 Å². The zero-order chi connectivity index (χ0) is 13.1. The number of carbonyl (C=O) groups is 1. The van der Waals surface area contributed by atoms with E-state index in [0.717, 1.165) is 18.4 Å². The summed E-state index contributed by atoms with van der Waals surface area (Å²) in [6.45, 7) is 1.30. The highest BCUT2D eigenvalue weighted by Crippen LogP contribution is 2.36. The third kappa shape index (κ3) is 3.85. The van der Waals surface area contributed by atoms with Gasteiger partial charge in [0.25, 0.3) is 0 Å². The van der Waals surface area contributed by atoms with Crippen molar-refractivity contribution in [1.82, 2.24) is 0 Å². The minimum absolute atomic E-state index is 0. The fourth-order valence-corrected chi connectivity index (χ4v) is 2.57. The van der Waals surface area contributed by atoms with E-state index in [2.05, 4.69) is 0 Å². The molecule has 1 aromatic rings. The first kappa shape index (κ1) is 15.8. The Kier molecular flexibility index (Phi) is 5.63. The summed E-state index contributed by atoms with van der Waals surface area (Å²) >= 11 is 0. The van der Waals surface area contributed by atoms with E-state index in [9.17, 15) is 9.90 Å². The van der Waals surface area contributed by atoms with Crippen LogP contribution in [0.5, 0.6) is 11.5 Å². The Hall–Kier alpha value is -1.26. The Labute approximate surface area is 119 Å². The summed E-state index contributed by atoms with van der Waals surface area (Å²) in [5.74, 6) is 0.197. The summed E-state index contributed by atoms with van der Waals surface area (Å²) in [4.78, 5) is 10.8. The summed E-state index contributed by atoms with van der Waals surface area (Å²) in [6.07, 6.45) is 4.76. The molecule has 0 heterocycles. The van der Waals surface area contributed by atoms with Gasteiger partial charge < -0.3 is 15.6 Å². The number of hydrogen-bond donors (Lipinski definition) is 2. The number of nitrogens with two attached hydrogens (primary N) is 1. The van der Waals surface area contributed by atoms with E-state index in [4.69, 9.17) is 10.5 Å². The molecule has 3 N–H and O–H groups in total. The van der Waals surface area contributed by atoms with Gasteiger partial charge in [0.05, 0.1) is 0 Å². The van der Waals surface area contributed by atoms with Crippen molar-refractivity contribution in [3.05, 3.63) is 23.8 Å². The van der Waals surface area contributed by atoms with Crippen LogP contribution in [0.25, 0.3) is 0 Å². The number of carbonyl (C=O) groups excluding carboxylic acids is 1. The van der Waals surface area contributed by atoms with Crippen molar-refractivity contribution < 1.29 is 14.6 Å². The second kappa shape index (κ2) is 6.78. The maximum absolute atomic E-state index is 10.8. The van der Waals surface area contributed by atoms with Gasteiger partial charge >= 0.3 is 5.97 Å². The van der Waals surface area contributed by atoms with Crippen molar-refractivity contribution >= 4 is 18.4 Å². The lowest BCUT2D eigenvalue weighted by molar-refractivity contribution is -0.132. The molecule has 19 heavy (non-hydrogen) atoms. The van der Waals surface area contributed by atoms with Crippen LogP contribution < -0.4 is 10.5 Å². The van der Waals surface area contributed by atoms with Crippen molar-refractivity contribution in [3.8, 4) is 11.5 Å². The molecule has 0 saturated heterocycles. The number of aromatic hydroxyl groups is 1. The number of halogens is 1. The lowest BCUT2D eigenvalue weighted by Crippen LogP contribution is -2.19. The summed E-state index contributed by atoms with van der Waals surface area (Å²) in [5.41, 5.74) is 7.10. The number of rotatable bonds is 3. The predicted molar refractivity (Wildman–Crippen MR) is 75.6 cm³/mol. The molecule has 0 radical (unpaired) electrons. The minimum atomic E-state index is -0.446. The van der Waals surface area contributed by atoms with Gasteiger partial charge in [0.15, 0.2) is 11.5 Å². The van der Waals surface area contributed by atoms with E-state index in [-0.39, 0.29) is 29.9 Å². The van der Waals surface area contributed by atoms with Crippen LogP contribution in [0.3, 0.4) is 0 Å². The zero-order valence-electron chi connectivity index (χ0n) is 11.0. The molecule has 0 unspecified atom stereocenters. The van der Waals surface area contributed by atoms with Gasteiger partial charge in [-0.25, -0.2) is 0 Å². The SMILES string of the molecule is CC(=O)Oc1ccc([C@@H](N)C2CCCC2)cc1O.Cl. The Morgan fingerprint density at radius 2 is 2.05 bits per heavy atom. The molecule has 4 nitrogen and oxygen atoms in total. The summed E-state index contributed by atoms with van der Waals surface area (Å²) in [5, 5.41) is 9.80. The van der Waals surface area contributed by atoms with Crippen LogP contribution in [0, 0.1) is 5.92 Å². The van der Waals surface area contributed by atoms with Crippen LogP contribution in [0.15, 0.2) is 18.2 Å². The first-order valence-corrected chi connectivity index (χ1v) is 6.35. The average molecular weight is 286 g/mol. The molecule has 0 amide bonds. The summed E-state index contributed by atoms with van der Waals surface area (Å²) in [6, 6.07) is 4.97. The summed E-state index contributed by atoms with van der Waals surface area (Å²) in [7, 11) is 0. The van der Waals surface area contributed by atoms with E-state index in [1.807, 2.05) is 6.07 Å². The third-order valence-corrected chi connectivity index (χ3v) is 3.53. The smallest absolute Gasteiger partial charge is 0.308 e. The quantitative estimate of drug-likeness (QED) is 0.661. The normalized spacial score (nSPS) is 16.7. The van der Waals surface area contributed by atoms with Crippen molar-refractivity contribution in [2.24, 2.45) is 11.7 Å². The van der Waals surface area contributed by atoms with E-state index in [0.29, 0.717) is 5.92 Å². The monoisotopic (exact) mass is 285 g/mol. The van der Waals surface area contributed by atoms with Gasteiger partial charge in [0, 0.05) is 13.0 Å². The zero-order valence-corrected chi connectivity index (χ0v) is 11.8. The van der Waals surface area contributed by atoms with E-state index in [1.165, 1.54) is 19.8 Å². The Morgan fingerprint density at radius 3 is 2.58 bits per heavy atom. The first-order valence-electron chi connectivity index (χ1n) is 6.35. The van der Waals surface area contributed by atoms with Gasteiger partial charge in [0.2, 0.25) is 0 Å². The highest BCUT2D eigenvalue weighted by atomic mass is 35.5. The number of benzene rings is 1. The molecule has 1 aliphatic rings. The second-order valence-corrected chi connectivity index (χ2v) is 4.89. The van der Waals surface area contributed by atoms with Gasteiger partial charge in [-0.1, -0.05) is 18.9 Å². The first-order chi connectivity index (χ1) is 8.58. The molecule has 0 aromatic heterocycles. The van der Waals surface area contributed by atoms with Gasteiger partial charge in [-0.15, -0.1) is 12.4 Å². The predicted octanol–water partition coefficient (Wildman–Crippen LogP) is 2.93. The van der Waals surface area contributed by atoms with Crippen LogP contribution in [-0.4, -0.2) is 11.1 Å². The molecular weight excluding hydrogens is 266 g/mol. The standard InChI is InChI=1S/C14H19NO3.ClH/c1-9(16)18-13-7-6-11(8-12(13)17)14(15)10-4-2-3-5-10;/h6-8,10,14,17H,2-5,15H2,1H3;1H/t14-;/m0./s1. The molecule has 1 aliphatic carbocycles. The van der Waals surface area contributed by atoms with Crippen molar-refractivity contribution in [3.63, 3.8) is 0 Å². The lowest BCUT2D eigenvalue weighted by Gasteiger charge is -2.19. The van der Waals surface area contributed by atoms with Crippen molar-refractivity contribution in [1.29, 1.82) is 0 Å². The van der Waals surface area contributed by atoms with E-state index >= 15 is 0 Å². The number of phenolic OH excluding ortho intramolecular Hbond substituents is 1. The summed E-state index contributed by atoms with van der Waals surface area (Å²) < 4.78 is 4.88. The third-order valence-electron chi connectivity index (χ3n) is 3.53. The van der Waals surface area contributed by atoms with Crippen LogP contribution >= 0.6 is 12.4 Å². The van der Waals surface area contributed by atoms with Crippen LogP contribution in [0.2, 0.25) is 0 Å². The minimum Gasteiger partial charge on any atom is -0.504 e. The van der Waals surface area contributed by atoms with Gasteiger partial charge in [0.1, 0.15) is 0 Å². The maximum atomic E-state index is 10.8. The molecule has 2 rings (SSSR count). The molecular formula is C14H20ClNO3. The van der Waals surface area contributed by atoms with Crippen LogP contribution in [-0.2, 0) is 4.79 Å². The Bertz CT molecular complexity index is 444. The largest absolute Gasteiger partial charge is 0.504 e. The molecule has 1 fully saturated rings.